The predicted molar refractivity (Wildman–Crippen MR) is 128 cm³/mol. The zero-order valence-electron chi connectivity index (χ0n) is 18.7. The first-order valence-electron chi connectivity index (χ1n) is 11.3. The summed E-state index contributed by atoms with van der Waals surface area (Å²) in [6.07, 6.45) is 11.4. The second-order valence-corrected chi connectivity index (χ2v) is 8.02. The zero-order valence-corrected chi connectivity index (χ0v) is 18.7. The molecule has 1 aromatic heterocycles. The van der Waals surface area contributed by atoms with E-state index < -0.39 is 5.97 Å². The first kappa shape index (κ1) is 23.3. The van der Waals surface area contributed by atoms with E-state index in [1.807, 2.05) is 30.5 Å². The Morgan fingerprint density at radius 1 is 1.00 bits per heavy atom. The summed E-state index contributed by atoms with van der Waals surface area (Å²) in [4.78, 5) is 27.4. The molecule has 5 nitrogen and oxygen atoms in total. The van der Waals surface area contributed by atoms with Gasteiger partial charge in [0.1, 0.15) is 0 Å². The van der Waals surface area contributed by atoms with Crippen LogP contribution in [0.4, 0.5) is 0 Å². The minimum Gasteiger partial charge on any atom is -0.466 e. The number of H-pyrrole nitrogens is 1. The van der Waals surface area contributed by atoms with Crippen molar-refractivity contribution in [3.05, 3.63) is 84.1 Å². The van der Waals surface area contributed by atoms with Crippen LogP contribution in [0.3, 0.4) is 0 Å². The van der Waals surface area contributed by atoms with Crippen molar-refractivity contribution in [3.8, 4) is 0 Å². The molecule has 0 spiro atoms. The normalized spacial score (nSPS) is 12.2. The number of carbonyl (C=O) groups excluding carboxylic acids is 2. The van der Waals surface area contributed by atoms with Crippen LogP contribution in [0, 0.1) is 0 Å². The lowest BCUT2D eigenvalue weighted by Gasteiger charge is -2.15. The fourth-order valence-electron chi connectivity index (χ4n) is 3.86. The van der Waals surface area contributed by atoms with Gasteiger partial charge < -0.3 is 15.0 Å². The lowest BCUT2D eigenvalue weighted by molar-refractivity contribution is -0.135. The largest absolute Gasteiger partial charge is 0.466 e. The lowest BCUT2D eigenvalue weighted by atomic mass is 10.0. The molecular weight excluding hydrogens is 400 g/mol. The highest BCUT2D eigenvalue weighted by atomic mass is 16.5. The Hall–Kier alpha value is -3.34. The molecule has 0 radical (unpaired) electrons. The van der Waals surface area contributed by atoms with Gasteiger partial charge in [-0.05, 0) is 42.9 Å². The molecule has 3 rings (SSSR count). The minimum absolute atomic E-state index is 0.00687. The molecule has 5 heteroatoms. The molecular formula is C27H32N2O3. The standard InChI is InChI=1S/C27H32N2O3/c1-32-27(31)18-17-23(19-22-20-28-25-15-10-9-14-24(22)25)29-26(30)16-8-3-2-5-11-21-12-6-4-7-13-21/h4,6-7,9-10,12-15,17-18,20,23,28H,2-3,5,8,11,16,19H2,1H3,(H,29,30)/b18-17+/t23-/m0/s1. The molecule has 0 saturated heterocycles. The highest BCUT2D eigenvalue weighted by molar-refractivity contribution is 5.84. The van der Waals surface area contributed by atoms with Crippen LogP contribution in [0.1, 0.15) is 43.2 Å². The Bertz CT molecular complexity index is 1020. The maximum Gasteiger partial charge on any atom is 0.330 e. The van der Waals surface area contributed by atoms with E-state index in [1.165, 1.54) is 18.7 Å². The quantitative estimate of drug-likeness (QED) is 0.237. The summed E-state index contributed by atoms with van der Waals surface area (Å²) in [5.74, 6) is -0.422. The average Bonchev–Trinajstić information content (AvgIpc) is 3.23. The Kier molecular flexibility index (Phi) is 9.11. The second kappa shape index (κ2) is 12.5. The number of rotatable bonds is 12. The summed E-state index contributed by atoms with van der Waals surface area (Å²) in [7, 11) is 1.34. The maximum absolute atomic E-state index is 12.5. The number of carbonyl (C=O) groups is 2. The number of aromatic amines is 1. The summed E-state index contributed by atoms with van der Waals surface area (Å²) in [5, 5.41) is 4.19. The highest BCUT2D eigenvalue weighted by Gasteiger charge is 2.13. The molecule has 168 valence electrons. The number of ether oxygens (including phenoxy) is 1. The molecule has 1 heterocycles. The maximum atomic E-state index is 12.5. The molecule has 2 N–H and O–H groups in total. The van der Waals surface area contributed by atoms with Gasteiger partial charge in [0.2, 0.25) is 5.91 Å². The molecule has 0 aliphatic heterocycles. The van der Waals surface area contributed by atoms with Crippen molar-refractivity contribution in [2.75, 3.05) is 7.11 Å². The SMILES string of the molecule is COC(=O)/C=C/[C@@H](Cc1c[nH]c2ccccc12)NC(=O)CCCCCCc1ccccc1. The van der Waals surface area contributed by atoms with E-state index in [9.17, 15) is 9.59 Å². The van der Waals surface area contributed by atoms with Gasteiger partial charge in [-0.3, -0.25) is 4.79 Å². The number of methoxy groups -OCH3 is 1. The molecule has 0 fully saturated rings. The molecule has 2 aromatic carbocycles. The molecule has 0 unspecified atom stereocenters. The third kappa shape index (κ3) is 7.41. The number of benzene rings is 2. The van der Waals surface area contributed by atoms with E-state index >= 15 is 0 Å². The third-order valence-electron chi connectivity index (χ3n) is 5.59. The second-order valence-electron chi connectivity index (χ2n) is 8.02. The number of hydrogen-bond donors (Lipinski definition) is 2. The fraction of sp³-hybridized carbons (Fsp3) is 0.333. The van der Waals surface area contributed by atoms with Crippen LogP contribution in [0.5, 0.6) is 0 Å². The summed E-state index contributed by atoms with van der Waals surface area (Å²) < 4.78 is 4.70. The van der Waals surface area contributed by atoms with E-state index in [0.29, 0.717) is 12.8 Å². The number of amides is 1. The molecule has 0 saturated carbocycles. The van der Waals surface area contributed by atoms with Crippen molar-refractivity contribution in [1.82, 2.24) is 10.3 Å². The minimum atomic E-state index is -0.429. The van der Waals surface area contributed by atoms with Gasteiger partial charge in [0, 0.05) is 29.6 Å². The van der Waals surface area contributed by atoms with Gasteiger partial charge in [-0.25, -0.2) is 4.79 Å². The number of para-hydroxylation sites is 1. The third-order valence-corrected chi connectivity index (χ3v) is 5.59. The van der Waals surface area contributed by atoms with Crippen LogP contribution in [0.2, 0.25) is 0 Å². The summed E-state index contributed by atoms with van der Waals surface area (Å²) in [5.41, 5.74) is 3.52. The van der Waals surface area contributed by atoms with E-state index in [4.69, 9.17) is 4.74 Å². The van der Waals surface area contributed by atoms with Gasteiger partial charge in [0.25, 0.3) is 0 Å². The van der Waals surface area contributed by atoms with Gasteiger partial charge in [-0.1, -0.05) is 67.4 Å². The van der Waals surface area contributed by atoms with E-state index in [2.05, 4.69) is 40.6 Å². The first-order valence-corrected chi connectivity index (χ1v) is 11.3. The van der Waals surface area contributed by atoms with Crippen LogP contribution >= 0.6 is 0 Å². The molecule has 1 amide bonds. The van der Waals surface area contributed by atoms with Gasteiger partial charge >= 0.3 is 5.97 Å². The Balaban J connectivity index is 1.47. The van der Waals surface area contributed by atoms with Crippen LogP contribution in [-0.4, -0.2) is 30.0 Å². The van der Waals surface area contributed by atoms with Gasteiger partial charge in [-0.2, -0.15) is 0 Å². The van der Waals surface area contributed by atoms with Crippen LogP contribution < -0.4 is 5.32 Å². The van der Waals surface area contributed by atoms with Crippen molar-refractivity contribution in [2.45, 2.75) is 51.0 Å². The fourth-order valence-corrected chi connectivity index (χ4v) is 3.86. The smallest absolute Gasteiger partial charge is 0.330 e. The Labute approximate surface area is 189 Å². The van der Waals surface area contributed by atoms with Crippen LogP contribution in [0.25, 0.3) is 10.9 Å². The molecule has 3 aromatic rings. The first-order chi connectivity index (χ1) is 15.7. The lowest BCUT2D eigenvalue weighted by Crippen LogP contribution is -2.35. The Morgan fingerprint density at radius 3 is 2.56 bits per heavy atom. The summed E-state index contributed by atoms with van der Waals surface area (Å²) in [6, 6.07) is 18.3. The summed E-state index contributed by atoms with van der Waals surface area (Å²) in [6.45, 7) is 0. The van der Waals surface area contributed by atoms with Crippen LogP contribution in [-0.2, 0) is 27.2 Å². The number of fused-ring (bicyclic) bond motifs is 1. The van der Waals surface area contributed by atoms with Gasteiger partial charge in [0.15, 0.2) is 0 Å². The number of nitrogens with one attached hydrogen (secondary N) is 2. The van der Waals surface area contributed by atoms with Crippen molar-refractivity contribution in [1.29, 1.82) is 0 Å². The molecule has 32 heavy (non-hydrogen) atoms. The van der Waals surface area contributed by atoms with E-state index in [-0.39, 0.29) is 11.9 Å². The number of unbranched alkanes of at least 4 members (excludes halogenated alkanes) is 3. The van der Waals surface area contributed by atoms with E-state index in [0.717, 1.165) is 48.6 Å². The number of aromatic nitrogens is 1. The zero-order chi connectivity index (χ0) is 22.6. The molecule has 1 atom stereocenters. The number of hydrogen-bond acceptors (Lipinski definition) is 3. The average molecular weight is 433 g/mol. The molecule has 0 bridgehead atoms. The summed E-state index contributed by atoms with van der Waals surface area (Å²) >= 11 is 0. The number of esters is 1. The van der Waals surface area contributed by atoms with Crippen molar-refractivity contribution in [2.24, 2.45) is 0 Å². The van der Waals surface area contributed by atoms with Crippen LogP contribution in [0.15, 0.2) is 72.9 Å². The monoisotopic (exact) mass is 432 g/mol. The van der Waals surface area contributed by atoms with Crippen molar-refractivity contribution in [3.63, 3.8) is 0 Å². The predicted octanol–water partition coefficient (Wildman–Crippen LogP) is 5.12. The van der Waals surface area contributed by atoms with E-state index in [1.54, 1.807) is 6.08 Å². The van der Waals surface area contributed by atoms with Gasteiger partial charge in [0.05, 0.1) is 13.2 Å². The Morgan fingerprint density at radius 2 is 1.75 bits per heavy atom. The topological polar surface area (TPSA) is 71.2 Å². The highest BCUT2D eigenvalue weighted by Crippen LogP contribution is 2.19. The molecule has 0 aliphatic rings. The van der Waals surface area contributed by atoms with Gasteiger partial charge in [-0.15, -0.1) is 0 Å². The number of aryl methyl sites for hydroxylation is 1. The molecule has 0 aliphatic carbocycles. The van der Waals surface area contributed by atoms with Crippen molar-refractivity contribution < 1.29 is 14.3 Å². The van der Waals surface area contributed by atoms with Crippen molar-refractivity contribution >= 4 is 22.8 Å².